The van der Waals surface area contributed by atoms with Gasteiger partial charge in [-0.05, 0) is 60.2 Å². The van der Waals surface area contributed by atoms with Crippen molar-refractivity contribution < 1.29 is 17.9 Å². The number of likely N-dealkylation sites (tertiary alicyclic amines) is 1. The van der Waals surface area contributed by atoms with E-state index >= 15 is 0 Å². The Balaban J connectivity index is 1.24. The molecule has 2 aliphatic rings. The molecule has 0 bridgehead atoms. The fourth-order valence-corrected chi connectivity index (χ4v) is 7.12. The zero-order valence-electron chi connectivity index (χ0n) is 20.1. The van der Waals surface area contributed by atoms with Crippen molar-refractivity contribution in [2.75, 3.05) is 26.0 Å². The van der Waals surface area contributed by atoms with E-state index in [1.165, 1.54) is 16.7 Å². The van der Waals surface area contributed by atoms with Crippen LogP contribution in [0.15, 0.2) is 59.5 Å². The summed E-state index contributed by atoms with van der Waals surface area (Å²) in [5.74, 6) is -0.118. The Kier molecular flexibility index (Phi) is 7.25. The van der Waals surface area contributed by atoms with E-state index < -0.39 is 9.84 Å². The summed E-state index contributed by atoms with van der Waals surface area (Å²) in [5, 5.41) is 3.77. The minimum Gasteiger partial charge on any atom is -0.369 e. The van der Waals surface area contributed by atoms with Gasteiger partial charge in [-0.25, -0.2) is 8.42 Å². The van der Waals surface area contributed by atoms with Crippen LogP contribution in [0.2, 0.25) is 5.02 Å². The summed E-state index contributed by atoms with van der Waals surface area (Å²) in [6.45, 7) is 3.65. The Bertz CT molecular complexity index is 1360. The molecule has 1 aromatic heterocycles. The van der Waals surface area contributed by atoms with Crippen molar-refractivity contribution in [3.8, 4) is 0 Å². The highest BCUT2D eigenvalue weighted by molar-refractivity contribution is 7.90. The van der Waals surface area contributed by atoms with Gasteiger partial charge in [-0.2, -0.15) is 0 Å². The number of amides is 1. The average Bonchev–Trinajstić information content (AvgIpc) is 3.31. The number of carbonyl (C=O) groups is 1. The molecule has 0 unspecified atom stereocenters. The zero-order valence-corrected chi connectivity index (χ0v) is 22.5. The predicted molar refractivity (Wildman–Crippen MR) is 142 cm³/mol. The Hall–Kier alpha value is -2.23. The molecule has 6 nitrogen and oxygen atoms in total. The van der Waals surface area contributed by atoms with Gasteiger partial charge in [0.2, 0.25) is 0 Å². The topological polar surface area (TPSA) is 75.7 Å². The maximum atomic E-state index is 13.0. The SMILES string of the molecule is CS(=O)(=O)c1ccc(CNC(=O)c2cc3c(s2)C2(CCN(Cc4ccccc4Cl)CC2)OCC3)cc1. The molecule has 2 aliphatic heterocycles. The first-order valence-electron chi connectivity index (χ1n) is 12.0. The van der Waals surface area contributed by atoms with Crippen LogP contribution in [0.4, 0.5) is 0 Å². The van der Waals surface area contributed by atoms with Gasteiger partial charge < -0.3 is 10.1 Å². The van der Waals surface area contributed by atoms with E-state index in [-0.39, 0.29) is 16.4 Å². The maximum Gasteiger partial charge on any atom is 0.261 e. The standard InChI is InChI=1S/C27H29ClN2O4S2/c1-36(32,33)22-8-6-19(7-9-22)17-29-26(31)24-16-20-10-15-34-27(25(20)35-24)11-13-30(14-12-27)18-21-4-2-3-5-23(21)28/h2-9,16H,10-15,17-18H2,1H3,(H,29,31). The molecule has 1 spiro atoms. The van der Waals surface area contributed by atoms with Gasteiger partial charge in [0.25, 0.3) is 5.91 Å². The van der Waals surface area contributed by atoms with Gasteiger partial charge in [0.1, 0.15) is 5.60 Å². The number of carbonyl (C=O) groups excluding carboxylic acids is 1. The lowest BCUT2D eigenvalue weighted by atomic mass is 9.85. The molecular formula is C27H29ClN2O4S2. The monoisotopic (exact) mass is 544 g/mol. The number of benzene rings is 2. The molecule has 0 radical (unpaired) electrons. The van der Waals surface area contributed by atoms with Gasteiger partial charge in [0.15, 0.2) is 9.84 Å². The quantitative estimate of drug-likeness (QED) is 0.482. The van der Waals surface area contributed by atoms with Crippen molar-refractivity contribution in [3.63, 3.8) is 0 Å². The third kappa shape index (κ3) is 5.38. The van der Waals surface area contributed by atoms with E-state index in [4.69, 9.17) is 16.3 Å². The minimum atomic E-state index is -3.24. The van der Waals surface area contributed by atoms with Crippen molar-refractivity contribution in [1.82, 2.24) is 10.2 Å². The second-order valence-electron chi connectivity index (χ2n) is 9.52. The van der Waals surface area contributed by atoms with Crippen LogP contribution in [0.5, 0.6) is 0 Å². The van der Waals surface area contributed by atoms with E-state index in [1.807, 2.05) is 24.3 Å². The number of hydrogen-bond donors (Lipinski definition) is 1. The highest BCUT2D eigenvalue weighted by Crippen LogP contribution is 2.45. The third-order valence-electron chi connectivity index (χ3n) is 7.02. The summed E-state index contributed by atoms with van der Waals surface area (Å²) in [6, 6.07) is 16.6. The molecule has 3 aromatic rings. The number of halogens is 1. The lowest BCUT2D eigenvalue weighted by Crippen LogP contribution is -2.45. The molecule has 2 aromatic carbocycles. The summed E-state index contributed by atoms with van der Waals surface area (Å²) in [5.41, 5.74) is 2.88. The van der Waals surface area contributed by atoms with Crippen LogP contribution in [0.25, 0.3) is 0 Å². The van der Waals surface area contributed by atoms with Crippen LogP contribution in [0, 0.1) is 0 Å². The van der Waals surface area contributed by atoms with Gasteiger partial charge in [-0.1, -0.05) is 41.9 Å². The number of nitrogens with one attached hydrogen (secondary N) is 1. The first kappa shape index (κ1) is 25.4. The lowest BCUT2D eigenvalue weighted by molar-refractivity contribution is -0.0960. The maximum absolute atomic E-state index is 13.0. The number of sulfone groups is 1. The Morgan fingerprint density at radius 1 is 1.14 bits per heavy atom. The Labute approximate surface area is 221 Å². The summed E-state index contributed by atoms with van der Waals surface area (Å²) in [4.78, 5) is 17.5. The van der Waals surface area contributed by atoms with Crippen LogP contribution in [0.3, 0.4) is 0 Å². The average molecular weight is 545 g/mol. The third-order valence-corrected chi connectivity index (χ3v) is 9.88. The summed E-state index contributed by atoms with van der Waals surface area (Å²) >= 11 is 7.90. The normalized spacial score (nSPS) is 17.6. The second kappa shape index (κ2) is 10.3. The van der Waals surface area contributed by atoms with Crippen LogP contribution < -0.4 is 5.32 Å². The van der Waals surface area contributed by atoms with E-state index in [0.717, 1.165) is 55.0 Å². The van der Waals surface area contributed by atoms with E-state index in [2.05, 4.69) is 16.3 Å². The summed E-state index contributed by atoms with van der Waals surface area (Å²) in [7, 11) is -3.24. The number of ether oxygens (including phenoxy) is 1. The predicted octanol–water partition coefficient (Wildman–Crippen LogP) is 4.80. The van der Waals surface area contributed by atoms with E-state index in [9.17, 15) is 13.2 Å². The fraction of sp³-hybridized carbons (Fsp3) is 0.370. The number of nitrogens with zero attached hydrogens (tertiary/aromatic N) is 1. The van der Waals surface area contributed by atoms with Gasteiger partial charge in [-0.3, -0.25) is 9.69 Å². The molecule has 9 heteroatoms. The molecule has 1 saturated heterocycles. The first-order chi connectivity index (χ1) is 17.2. The van der Waals surface area contributed by atoms with Crippen LogP contribution in [-0.4, -0.2) is 45.2 Å². The molecule has 190 valence electrons. The van der Waals surface area contributed by atoms with E-state index in [0.29, 0.717) is 18.0 Å². The van der Waals surface area contributed by atoms with Crippen LogP contribution >= 0.6 is 22.9 Å². The molecule has 1 N–H and O–H groups in total. The van der Waals surface area contributed by atoms with Crippen molar-refractivity contribution in [3.05, 3.63) is 86.1 Å². The van der Waals surface area contributed by atoms with Crippen molar-refractivity contribution >= 4 is 38.7 Å². The van der Waals surface area contributed by atoms with Crippen molar-refractivity contribution in [1.29, 1.82) is 0 Å². The summed E-state index contributed by atoms with van der Waals surface area (Å²) in [6.07, 6.45) is 3.77. The molecule has 0 saturated carbocycles. The molecule has 5 rings (SSSR count). The lowest BCUT2D eigenvalue weighted by Gasteiger charge is -2.43. The largest absolute Gasteiger partial charge is 0.369 e. The highest BCUT2D eigenvalue weighted by Gasteiger charge is 2.42. The number of fused-ring (bicyclic) bond motifs is 2. The Morgan fingerprint density at radius 3 is 2.56 bits per heavy atom. The van der Waals surface area contributed by atoms with Crippen LogP contribution in [0.1, 0.15) is 44.1 Å². The summed E-state index contributed by atoms with van der Waals surface area (Å²) < 4.78 is 29.7. The Morgan fingerprint density at radius 2 is 1.86 bits per heavy atom. The van der Waals surface area contributed by atoms with Crippen molar-refractivity contribution in [2.24, 2.45) is 0 Å². The molecule has 0 aliphatic carbocycles. The molecule has 3 heterocycles. The first-order valence-corrected chi connectivity index (χ1v) is 15.1. The molecular weight excluding hydrogens is 516 g/mol. The highest BCUT2D eigenvalue weighted by atomic mass is 35.5. The number of piperidine rings is 1. The molecule has 1 amide bonds. The molecule has 0 atom stereocenters. The van der Waals surface area contributed by atoms with Crippen molar-refractivity contribution in [2.45, 2.75) is 42.8 Å². The zero-order chi connectivity index (χ0) is 25.3. The van der Waals surface area contributed by atoms with E-state index in [1.54, 1.807) is 35.6 Å². The second-order valence-corrected chi connectivity index (χ2v) is 13.0. The smallest absolute Gasteiger partial charge is 0.261 e. The number of thiophene rings is 1. The molecule has 1 fully saturated rings. The number of rotatable bonds is 6. The van der Waals surface area contributed by atoms with Gasteiger partial charge in [0.05, 0.1) is 16.4 Å². The molecule has 36 heavy (non-hydrogen) atoms. The van der Waals surface area contributed by atoms with Gasteiger partial charge >= 0.3 is 0 Å². The number of hydrogen-bond acceptors (Lipinski definition) is 6. The minimum absolute atomic E-state index is 0.118. The van der Waals surface area contributed by atoms with Crippen LogP contribution in [-0.2, 0) is 39.7 Å². The van der Waals surface area contributed by atoms with Gasteiger partial charge in [0, 0.05) is 42.3 Å². The van der Waals surface area contributed by atoms with Gasteiger partial charge in [-0.15, -0.1) is 11.3 Å². The fourth-order valence-electron chi connectivity index (χ4n) is 4.97.